The van der Waals surface area contributed by atoms with Crippen molar-refractivity contribution < 1.29 is 4.74 Å². The van der Waals surface area contributed by atoms with Crippen molar-refractivity contribution in [3.8, 4) is 5.75 Å². The Morgan fingerprint density at radius 2 is 1.90 bits per heavy atom. The van der Waals surface area contributed by atoms with Crippen LogP contribution in [0.3, 0.4) is 0 Å². The van der Waals surface area contributed by atoms with Crippen molar-refractivity contribution in [1.82, 2.24) is 10.2 Å². The van der Waals surface area contributed by atoms with Crippen LogP contribution in [0.2, 0.25) is 0 Å². The Morgan fingerprint density at radius 1 is 1.25 bits per heavy atom. The van der Waals surface area contributed by atoms with Crippen molar-refractivity contribution in [1.29, 1.82) is 0 Å². The Balaban J connectivity index is 2.31. The number of ether oxygens (including phenoxy) is 1. The number of methoxy groups -OCH3 is 1. The number of nitrogens with one attached hydrogen (secondary N) is 1. The Kier molecular flexibility index (Phi) is 4.71. The van der Waals surface area contributed by atoms with Crippen LogP contribution in [0.25, 0.3) is 0 Å². The Hall–Kier alpha value is -1.06. The topological polar surface area (TPSA) is 24.5 Å². The maximum atomic E-state index is 5.32. The second kappa shape index (κ2) is 6.15. The molecule has 0 bridgehead atoms. The third kappa shape index (κ3) is 2.84. The van der Waals surface area contributed by atoms with E-state index in [1.165, 1.54) is 37.1 Å². The van der Waals surface area contributed by atoms with Gasteiger partial charge in [0.25, 0.3) is 0 Å². The van der Waals surface area contributed by atoms with Crippen LogP contribution in [0.5, 0.6) is 5.75 Å². The Labute approximate surface area is 123 Å². The van der Waals surface area contributed by atoms with E-state index in [9.17, 15) is 0 Å². The molecule has 1 aromatic rings. The SMILES string of the molecule is CNC(c1ccc(OC)cc1C)C(C)(C)N1CCCC1. The van der Waals surface area contributed by atoms with Crippen LogP contribution >= 0.6 is 0 Å². The minimum Gasteiger partial charge on any atom is -0.497 e. The standard InChI is InChI=1S/C17H28N2O/c1-13-12-14(20-5)8-9-15(13)16(18-4)17(2,3)19-10-6-7-11-19/h8-9,12,16,18H,6-7,10-11H2,1-5H3. The lowest BCUT2D eigenvalue weighted by molar-refractivity contribution is 0.110. The third-order valence-corrected chi connectivity index (χ3v) is 4.70. The highest BCUT2D eigenvalue weighted by Gasteiger charge is 2.37. The molecule has 0 aliphatic carbocycles. The van der Waals surface area contributed by atoms with Crippen LogP contribution in [0.1, 0.15) is 43.9 Å². The maximum absolute atomic E-state index is 5.32. The highest BCUT2D eigenvalue weighted by molar-refractivity contribution is 5.38. The zero-order valence-corrected chi connectivity index (χ0v) is 13.5. The number of hydrogen-bond donors (Lipinski definition) is 1. The average Bonchev–Trinajstić information content (AvgIpc) is 2.95. The van der Waals surface area contributed by atoms with E-state index < -0.39 is 0 Å². The van der Waals surface area contributed by atoms with Crippen LogP contribution in [-0.4, -0.2) is 37.7 Å². The molecule has 0 spiro atoms. The number of likely N-dealkylation sites (N-methyl/N-ethyl adjacent to an activating group) is 1. The molecule has 1 aliphatic rings. The van der Waals surface area contributed by atoms with Gasteiger partial charge in [0.15, 0.2) is 0 Å². The Bertz CT molecular complexity index is 450. The van der Waals surface area contributed by atoms with Gasteiger partial charge in [0, 0.05) is 5.54 Å². The summed E-state index contributed by atoms with van der Waals surface area (Å²) in [5.74, 6) is 0.931. The lowest BCUT2D eigenvalue weighted by Crippen LogP contribution is -2.51. The van der Waals surface area contributed by atoms with Gasteiger partial charge in [-0.15, -0.1) is 0 Å². The molecule has 1 saturated heterocycles. The molecule has 1 unspecified atom stereocenters. The predicted octanol–water partition coefficient (Wildman–Crippen LogP) is 3.14. The molecule has 1 aliphatic heterocycles. The summed E-state index contributed by atoms with van der Waals surface area (Å²) < 4.78 is 5.32. The fourth-order valence-corrected chi connectivity index (χ4v) is 3.46. The van der Waals surface area contributed by atoms with Gasteiger partial charge in [-0.05, 0) is 77.0 Å². The quantitative estimate of drug-likeness (QED) is 0.894. The minimum atomic E-state index is 0.116. The predicted molar refractivity (Wildman–Crippen MR) is 84.4 cm³/mol. The molecule has 0 radical (unpaired) electrons. The molecule has 1 fully saturated rings. The summed E-state index contributed by atoms with van der Waals surface area (Å²) in [6, 6.07) is 6.71. The summed E-state index contributed by atoms with van der Waals surface area (Å²) in [6.45, 7) is 9.29. The number of benzene rings is 1. The summed E-state index contributed by atoms with van der Waals surface area (Å²) in [5.41, 5.74) is 2.77. The zero-order valence-electron chi connectivity index (χ0n) is 13.5. The van der Waals surface area contributed by atoms with Crippen LogP contribution in [0, 0.1) is 6.92 Å². The van der Waals surface area contributed by atoms with E-state index in [4.69, 9.17) is 4.74 Å². The summed E-state index contributed by atoms with van der Waals surface area (Å²) in [5, 5.41) is 3.53. The average molecular weight is 276 g/mol. The van der Waals surface area contributed by atoms with E-state index >= 15 is 0 Å². The van der Waals surface area contributed by atoms with E-state index in [1.807, 2.05) is 0 Å². The van der Waals surface area contributed by atoms with Gasteiger partial charge in [0.05, 0.1) is 13.2 Å². The number of rotatable bonds is 5. The molecule has 1 aromatic carbocycles. The van der Waals surface area contributed by atoms with Gasteiger partial charge in [-0.25, -0.2) is 0 Å². The molecule has 112 valence electrons. The lowest BCUT2D eigenvalue weighted by Gasteiger charge is -2.43. The van der Waals surface area contributed by atoms with E-state index in [1.54, 1.807) is 7.11 Å². The molecule has 0 saturated carbocycles. The van der Waals surface area contributed by atoms with Crippen molar-refractivity contribution in [2.75, 3.05) is 27.2 Å². The largest absolute Gasteiger partial charge is 0.497 e. The summed E-state index contributed by atoms with van der Waals surface area (Å²) in [6.07, 6.45) is 2.64. The summed E-state index contributed by atoms with van der Waals surface area (Å²) >= 11 is 0. The second-order valence-corrected chi connectivity index (χ2v) is 6.29. The van der Waals surface area contributed by atoms with Gasteiger partial charge in [-0.1, -0.05) is 6.07 Å². The number of aryl methyl sites for hydroxylation is 1. The molecule has 2 rings (SSSR count). The summed E-state index contributed by atoms with van der Waals surface area (Å²) in [4.78, 5) is 2.61. The van der Waals surface area contributed by atoms with Gasteiger partial charge < -0.3 is 10.1 Å². The Morgan fingerprint density at radius 3 is 2.40 bits per heavy atom. The molecule has 1 atom stereocenters. The first-order chi connectivity index (χ1) is 9.50. The van der Waals surface area contributed by atoms with E-state index in [0.29, 0.717) is 6.04 Å². The lowest BCUT2D eigenvalue weighted by atomic mass is 9.85. The monoisotopic (exact) mass is 276 g/mol. The first-order valence-electron chi connectivity index (χ1n) is 7.57. The molecular formula is C17H28N2O. The van der Waals surface area contributed by atoms with E-state index in [2.05, 4.69) is 56.2 Å². The molecule has 3 heteroatoms. The molecular weight excluding hydrogens is 248 g/mol. The van der Waals surface area contributed by atoms with E-state index in [-0.39, 0.29) is 5.54 Å². The third-order valence-electron chi connectivity index (χ3n) is 4.70. The highest BCUT2D eigenvalue weighted by Crippen LogP contribution is 2.35. The van der Waals surface area contributed by atoms with Gasteiger partial charge in [0.2, 0.25) is 0 Å². The molecule has 3 nitrogen and oxygen atoms in total. The summed E-state index contributed by atoms with van der Waals surface area (Å²) in [7, 11) is 3.78. The first-order valence-corrected chi connectivity index (χ1v) is 7.57. The fraction of sp³-hybridized carbons (Fsp3) is 0.647. The number of likely N-dealkylation sites (tertiary alicyclic amines) is 1. The van der Waals surface area contributed by atoms with Gasteiger partial charge in [0.1, 0.15) is 5.75 Å². The zero-order chi connectivity index (χ0) is 14.8. The van der Waals surface area contributed by atoms with Gasteiger partial charge in [-0.2, -0.15) is 0 Å². The van der Waals surface area contributed by atoms with Crippen molar-refractivity contribution in [2.24, 2.45) is 0 Å². The molecule has 0 aromatic heterocycles. The maximum Gasteiger partial charge on any atom is 0.119 e. The number of nitrogens with zero attached hydrogens (tertiary/aromatic N) is 1. The van der Waals surface area contributed by atoms with Crippen molar-refractivity contribution >= 4 is 0 Å². The van der Waals surface area contributed by atoms with Crippen molar-refractivity contribution in [3.63, 3.8) is 0 Å². The van der Waals surface area contributed by atoms with Crippen LogP contribution < -0.4 is 10.1 Å². The van der Waals surface area contributed by atoms with Crippen LogP contribution in [0.4, 0.5) is 0 Å². The van der Waals surface area contributed by atoms with Gasteiger partial charge in [-0.3, -0.25) is 4.90 Å². The molecule has 1 heterocycles. The number of hydrogen-bond acceptors (Lipinski definition) is 3. The van der Waals surface area contributed by atoms with Gasteiger partial charge >= 0.3 is 0 Å². The molecule has 20 heavy (non-hydrogen) atoms. The van der Waals surface area contributed by atoms with E-state index in [0.717, 1.165) is 5.75 Å². The van der Waals surface area contributed by atoms with Crippen molar-refractivity contribution in [3.05, 3.63) is 29.3 Å². The normalized spacial score (nSPS) is 18.2. The van der Waals surface area contributed by atoms with Crippen molar-refractivity contribution in [2.45, 2.75) is 45.2 Å². The first kappa shape index (κ1) is 15.3. The highest BCUT2D eigenvalue weighted by atomic mass is 16.5. The second-order valence-electron chi connectivity index (χ2n) is 6.29. The fourth-order valence-electron chi connectivity index (χ4n) is 3.46. The minimum absolute atomic E-state index is 0.116. The van der Waals surface area contributed by atoms with Crippen LogP contribution in [-0.2, 0) is 0 Å². The van der Waals surface area contributed by atoms with Crippen LogP contribution in [0.15, 0.2) is 18.2 Å². The smallest absolute Gasteiger partial charge is 0.119 e. The molecule has 1 N–H and O–H groups in total. The molecule has 0 amide bonds.